The number of rotatable bonds is 6. The number of hydrogen-bond donors (Lipinski definition) is 0. The van der Waals surface area contributed by atoms with E-state index in [0.717, 1.165) is 21.7 Å². The molecule has 4 aromatic rings. The van der Waals surface area contributed by atoms with Crippen LogP contribution in [0.4, 0.5) is 0 Å². The van der Waals surface area contributed by atoms with Crippen LogP contribution in [-0.4, -0.2) is 20.8 Å². The third-order valence-corrected chi connectivity index (χ3v) is 5.13. The first-order valence-electron chi connectivity index (χ1n) is 8.40. The van der Waals surface area contributed by atoms with E-state index in [1.807, 2.05) is 78.2 Å². The van der Waals surface area contributed by atoms with E-state index in [4.69, 9.17) is 0 Å². The van der Waals surface area contributed by atoms with E-state index in [0.29, 0.717) is 6.42 Å². The van der Waals surface area contributed by atoms with Gasteiger partial charge >= 0.3 is 0 Å². The molecule has 2 aromatic carbocycles. The number of carbonyl (C=O) groups excluding carboxylic acids is 1. The highest BCUT2D eigenvalue weighted by Crippen LogP contribution is 2.25. The van der Waals surface area contributed by atoms with E-state index in [1.165, 1.54) is 11.3 Å². The molecule has 1 unspecified atom stereocenters. The lowest BCUT2D eigenvalue weighted by Gasteiger charge is -2.15. The van der Waals surface area contributed by atoms with E-state index >= 15 is 0 Å². The number of thiophene rings is 1. The van der Waals surface area contributed by atoms with Gasteiger partial charge in [0.1, 0.15) is 11.7 Å². The van der Waals surface area contributed by atoms with Crippen LogP contribution in [0.15, 0.2) is 84.4 Å². The third kappa shape index (κ3) is 3.48. The fraction of sp³-hybridized carbons (Fsp3) is 0.0952. The van der Waals surface area contributed by atoms with Crippen molar-refractivity contribution in [3.8, 4) is 11.3 Å². The lowest BCUT2D eigenvalue weighted by molar-refractivity contribution is 0.0968. The number of carbonyl (C=O) groups is 1. The Morgan fingerprint density at radius 2 is 1.69 bits per heavy atom. The molecule has 0 aliphatic carbocycles. The van der Waals surface area contributed by atoms with Gasteiger partial charge in [0.25, 0.3) is 0 Å². The average molecular weight is 359 g/mol. The van der Waals surface area contributed by atoms with Gasteiger partial charge in [0, 0.05) is 12.0 Å². The number of nitrogens with zero attached hydrogens (tertiary/aromatic N) is 3. The SMILES string of the molecule is O=C(CC(c1ccccc1)n1ncc(-c2ccccc2)n1)c1cccs1. The van der Waals surface area contributed by atoms with Crippen molar-refractivity contribution in [2.45, 2.75) is 12.5 Å². The summed E-state index contributed by atoms with van der Waals surface area (Å²) in [4.78, 5) is 15.1. The standard InChI is InChI=1S/C21H17N3OS/c25-20(21-12-7-13-26-21)14-19(17-10-5-2-6-11-17)24-22-15-18(23-24)16-8-3-1-4-9-16/h1-13,15,19H,14H2. The Bertz CT molecular complexity index is 979. The van der Waals surface area contributed by atoms with Crippen molar-refractivity contribution in [2.75, 3.05) is 0 Å². The molecule has 1 atom stereocenters. The van der Waals surface area contributed by atoms with Gasteiger partial charge in [-0.05, 0) is 17.0 Å². The van der Waals surface area contributed by atoms with Gasteiger partial charge in [-0.3, -0.25) is 4.79 Å². The number of hydrogen-bond acceptors (Lipinski definition) is 4. The molecular weight excluding hydrogens is 342 g/mol. The highest BCUT2D eigenvalue weighted by Gasteiger charge is 2.21. The Hall–Kier alpha value is -3.05. The van der Waals surface area contributed by atoms with Crippen LogP contribution in [0.3, 0.4) is 0 Å². The van der Waals surface area contributed by atoms with Crippen LogP contribution in [0.1, 0.15) is 27.7 Å². The van der Waals surface area contributed by atoms with Gasteiger partial charge in [0.2, 0.25) is 0 Å². The zero-order valence-corrected chi connectivity index (χ0v) is 14.8. The van der Waals surface area contributed by atoms with Gasteiger partial charge in [0.15, 0.2) is 5.78 Å². The quantitative estimate of drug-likeness (QED) is 0.462. The highest BCUT2D eigenvalue weighted by atomic mass is 32.1. The smallest absolute Gasteiger partial charge is 0.175 e. The fourth-order valence-electron chi connectivity index (χ4n) is 2.89. The van der Waals surface area contributed by atoms with Crippen molar-refractivity contribution in [1.29, 1.82) is 0 Å². The Morgan fingerprint density at radius 3 is 2.38 bits per heavy atom. The summed E-state index contributed by atoms with van der Waals surface area (Å²) in [5.74, 6) is 0.104. The minimum atomic E-state index is -0.233. The summed E-state index contributed by atoms with van der Waals surface area (Å²) in [6.45, 7) is 0. The first kappa shape index (κ1) is 16.4. The molecule has 4 nitrogen and oxygen atoms in total. The Labute approximate surface area is 155 Å². The molecule has 0 amide bonds. The van der Waals surface area contributed by atoms with E-state index in [-0.39, 0.29) is 11.8 Å². The number of benzene rings is 2. The molecule has 0 radical (unpaired) electrons. The van der Waals surface area contributed by atoms with Crippen molar-refractivity contribution in [2.24, 2.45) is 0 Å². The third-order valence-electron chi connectivity index (χ3n) is 4.22. The molecule has 0 bridgehead atoms. The van der Waals surface area contributed by atoms with Crippen molar-refractivity contribution >= 4 is 17.1 Å². The number of ketones is 1. The molecule has 0 saturated carbocycles. The molecule has 2 aromatic heterocycles. The summed E-state index contributed by atoms with van der Waals surface area (Å²) in [5.41, 5.74) is 2.83. The minimum Gasteiger partial charge on any atom is -0.293 e. The Kier molecular flexibility index (Phi) is 4.71. The van der Waals surface area contributed by atoms with Crippen LogP contribution in [-0.2, 0) is 0 Å². The van der Waals surface area contributed by atoms with Crippen molar-refractivity contribution in [3.63, 3.8) is 0 Å². The van der Waals surface area contributed by atoms with Crippen molar-refractivity contribution < 1.29 is 4.79 Å². The molecule has 0 aliphatic rings. The number of aromatic nitrogens is 3. The maximum absolute atomic E-state index is 12.7. The lowest BCUT2D eigenvalue weighted by atomic mass is 10.0. The normalized spacial score (nSPS) is 12.0. The predicted octanol–water partition coefficient (Wildman–Crippen LogP) is 4.87. The summed E-state index contributed by atoms with van der Waals surface area (Å²) in [7, 11) is 0. The van der Waals surface area contributed by atoms with Gasteiger partial charge in [0.05, 0.1) is 11.1 Å². The van der Waals surface area contributed by atoms with Crippen LogP contribution in [0.25, 0.3) is 11.3 Å². The molecule has 2 heterocycles. The van der Waals surface area contributed by atoms with Crippen molar-refractivity contribution in [3.05, 3.63) is 94.8 Å². The van der Waals surface area contributed by atoms with Gasteiger partial charge in [-0.1, -0.05) is 66.7 Å². The van der Waals surface area contributed by atoms with Crippen molar-refractivity contribution in [1.82, 2.24) is 15.0 Å². The molecule has 0 N–H and O–H groups in total. The molecule has 4 rings (SSSR count). The lowest BCUT2D eigenvalue weighted by Crippen LogP contribution is -2.17. The summed E-state index contributed by atoms with van der Waals surface area (Å²) >= 11 is 1.47. The maximum Gasteiger partial charge on any atom is 0.175 e. The second-order valence-electron chi connectivity index (χ2n) is 5.95. The minimum absolute atomic E-state index is 0.104. The molecule has 0 spiro atoms. The monoisotopic (exact) mass is 359 g/mol. The van der Waals surface area contributed by atoms with Crippen LogP contribution in [0.2, 0.25) is 0 Å². The van der Waals surface area contributed by atoms with E-state index < -0.39 is 0 Å². The van der Waals surface area contributed by atoms with E-state index in [1.54, 1.807) is 11.0 Å². The zero-order valence-electron chi connectivity index (χ0n) is 14.0. The molecule has 0 saturated heterocycles. The Balaban J connectivity index is 1.67. The van der Waals surface area contributed by atoms with Crippen LogP contribution in [0.5, 0.6) is 0 Å². The molecule has 128 valence electrons. The first-order valence-corrected chi connectivity index (χ1v) is 9.28. The van der Waals surface area contributed by atoms with Gasteiger partial charge in [-0.2, -0.15) is 15.0 Å². The predicted molar refractivity (Wildman–Crippen MR) is 103 cm³/mol. The molecule has 5 heteroatoms. The zero-order chi connectivity index (χ0) is 17.8. The Morgan fingerprint density at radius 1 is 0.962 bits per heavy atom. The van der Waals surface area contributed by atoms with Gasteiger partial charge in [-0.25, -0.2) is 0 Å². The highest BCUT2D eigenvalue weighted by molar-refractivity contribution is 7.12. The second-order valence-corrected chi connectivity index (χ2v) is 6.89. The molecular formula is C21H17N3OS. The van der Waals surface area contributed by atoms with E-state index in [2.05, 4.69) is 10.2 Å². The maximum atomic E-state index is 12.7. The molecule has 26 heavy (non-hydrogen) atoms. The van der Waals surface area contributed by atoms with Crippen LogP contribution < -0.4 is 0 Å². The summed E-state index contributed by atoms with van der Waals surface area (Å²) in [6, 6.07) is 23.4. The average Bonchev–Trinajstić information content (AvgIpc) is 3.39. The van der Waals surface area contributed by atoms with Gasteiger partial charge < -0.3 is 0 Å². The topological polar surface area (TPSA) is 47.8 Å². The van der Waals surface area contributed by atoms with Crippen LogP contribution in [0, 0.1) is 0 Å². The largest absolute Gasteiger partial charge is 0.293 e. The first-order chi connectivity index (χ1) is 12.8. The fourth-order valence-corrected chi connectivity index (χ4v) is 3.56. The van der Waals surface area contributed by atoms with Gasteiger partial charge in [-0.15, -0.1) is 11.3 Å². The molecule has 0 fully saturated rings. The summed E-state index contributed by atoms with van der Waals surface area (Å²) in [6.07, 6.45) is 2.08. The summed E-state index contributed by atoms with van der Waals surface area (Å²) in [5, 5.41) is 11.0. The van der Waals surface area contributed by atoms with E-state index in [9.17, 15) is 4.79 Å². The van der Waals surface area contributed by atoms with Crippen LogP contribution >= 0.6 is 11.3 Å². The molecule has 0 aliphatic heterocycles. The number of Topliss-reactive ketones (excluding diaryl/α,β-unsaturated/α-hetero) is 1. The second kappa shape index (κ2) is 7.45. The summed E-state index contributed by atoms with van der Waals surface area (Å²) < 4.78 is 0.